The highest BCUT2D eigenvalue weighted by atomic mass is 32.2. The molecule has 0 amide bonds. The number of benzene rings is 1. The van der Waals surface area contributed by atoms with Gasteiger partial charge in [0.15, 0.2) is 0 Å². The molecule has 3 rings (SSSR count). The van der Waals surface area contributed by atoms with Crippen molar-refractivity contribution in [1.82, 2.24) is 9.55 Å². The van der Waals surface area contributed by atoms with Crippen LogP contribution in [-0.4, -0.2) is 49.0 Å². The highest BCUT2D eigenvalue weighted by Gasteiger charge is 2.18. The third-order valence-corrected chi connectivity index (χ3v) is 3.68. The zero-order valence-corrected chi connectivity index (χ0v) is 15.2. The molecular weight excluding hydrogens is 330 g/mol. The fourth-order valence-electron chi connectivity index (χ4n) is 2.60. The number of fused-ring (bicyclic) bond motifs is 3. The molecule has 1 aromatic carbocycles. The van der Waals surface area contributed by atoms with E-state index in [0.29, 0.717) is 6.26 Å². The molecule has 2 aromatic rings. The largest absolute Gasteiger partial charge is 0.494 e. The van der Waals surface area contributed by atoms with Crippen molar-refractivity contribution in [1.29, 1.82) is 0 Å². The van der Waals surface area contributed by atoms with E-state index >= 15 is 0 Å². The van der Waals surface area contributed by atoms with Crippen LogP contribution >= 0.6 is 0 Å². The van der Waals surface area contributed by atoms with Crippen molar-refractivity contribution in [3.8, 4) is 5.75 Å². The van der Waals surface area contributed by atoms with Crippen molar-refractivity contribution in [2.45, 2.75) is 32.7 Å². The van der Waals surface area contributed by atoms with Crippen molar-refractivity contribution < 1.29 is 17.7 Å². The summed E-state index contributed by atoms with van der Waals surface area (Å²) in [4.78, 5) is 6.96. The molecule has 0 unspecified atom stereocenters. The van der Waals surface area contributed by atoms with Crippen LogP contribution in [0.3, 0.4) is 0 Å². The van der Waals surface area contributed by atoms with Gasteiger partial charge in [-0.05, 0) is 25.0 Å². The lowest BCUT2D eigenvalue weighted by molar-refractivity contribution is 0.310. The normalized spacial score (nSPS) is 14.1. The number of hydrogen-bond acceptors (Lipinski definition) is 5. The van der Waals surface area contributed by atoms with Crippen LogP contribution in [0.25, 0.3) is 11.0 Å². The van der Waals surface area contributed by atoms with E-state index in [-0.39, 0.29) is 0 Å². The zero-order chi connectivity index (χ0) is 17.7. The number of ether oxygens (including phenoxy) is 1. The molecule has 0 spiro atoms. The molecule has 1 aliphatic rings. The van der Waals surface area contributed by atoms with E-state index < -0.39 is 10.1 Å². The summed E-state index contributed by atoms with van der Waals surface area (Å²) in [6, 6.07) is 6.25. The first-order chi connectivity index (χ1) is 11.3. The summed E-state index contributed by atoms with van der Waals surface area (Å²) in [6.07, 6.45) is 4.16. The maximum absolute atomic E-state index is 9.19. The first kappa shape index (κ1) is 18.5. The summed E-state index contributed by atoms with van der Waals surface area (Å²) >= 11 is 0. The van der Waals surface area contributed by atoms with Crippen LogP contribution in [0.4, 0.5) is 5.95 Å². The van der Waals surface area contributed by atoms with Crippen molar-refractivity contribution in [2.75, 3.05) is 31.4 Å². The third-order valence-electron chi connectivity index (χ3n) is 3.68. The molecule has 0 saturated heterocycles. The number of aromatic nitrogens is 2. The van der Waals surface area contributed by atoms with E-state index in [2.05, 4.69) is 41.6 Å². The minimum atomic E-state index is -3.67. The number of aryl methyl sites for hydroxylation is 1. The molecule has 0 radical (unpaired) electrons. The summed E-state index contributed by atoms with van der Waals surface area (Å²) in [5, 5.41) is 0. The van der Waals surface area contributed by atoms with Gasteiger partial charge in [0.1, 0.15) is 5.75 Å². The van der Waals surface area contributed by atoms with Gasteiger partial charge in [0.05, 0.1) is 23.9 Å². The number of rotatable bonds is 4. The van der Waals surface area contributed by atoms with Crippen LogP contribution in [0.5, 0.6) is 5.75 Å². The second-order valence-electron chi connectivity index (χ2n) is 5.92. The molecule has 134 valence electrons. The Labute approximate surface area is 143 Å². The maximum Gasteiger partial charge on any atom is 0.261 e. The third kappa shape index (κ3) is 5.10. The van der Waals surface area contributed by atoms with Gasteiger partial charge in [-0.15, -0.1) is 0 Å². The van der Waals surface area contributed by atoms with Crippen molar-refractivity contribution in [3.63, 3.8) is 0 Å². The molecule has 0 atom stereocenters. The fourth-order valence-corrected chi connectivity index (χ4v) is 2.60. The molecule has 2 heterocycles. The summed E-state index contributed by atoms with van der Waals surface area (Å²) in [5.74, 6) is 2.01. The first-order valence-corrected chi connectivity index (χ1v) is 9.91. The minimum Gasteiger partial charge on any atom is -0.494 e. The number of imidazole rings is 1. The Morgan fingerprint density at radius 2 is 2.04 bits per heavy atom. The minimum absolute atomic E-state index is 0.715. The van der Waals surface area contributed by atoms with Crippen molar-refractivity contribution in [2.24, 2.45) is 0 Å². The lowest BCUT2D eigenvalue weighted by Gasteiger charge is -2.24. The highest BCUT2D eigenvalue weighted by molar-refractivity contribution is 7.85. The van der Waals surface area contributed by atoms with Crippen molar-refractivity contribution in [3.05, 3.63) is 18.2 Å². The van der Waals surface area contributed by atoms with E-state index in [4.69, 9.17) is 14.3 Å². The Hall–Kier alpha value is -1.80. The lowest BCUT2D eigenvalue weighted by atomic mass is 10.3. The van der Waals surface area contributed by atoms with Crippen LogP contribution in [0.15, 0.2) is 18.2 Å². The zero-order valence-electron chi connectivity index (χ0n) is 14.4. The van der Waals surface area contributed by atoms with Crippen LogP contribution < -0.4 is 9.64 Å². The van der Waals surface area contributed by atoms with Gasteiger partial charge in [-0.25, -0.2) is 4.98 Å². The molecule has 0 aliphatic carbocycles. The molecule has 0 saturated carbocycles. The maximum atomic E-state index is 9.19. The predicted molar refractivity (Wildman–Crippen MR) is 95.5 cm³/mol. The molecule has 7 nitrogen and oxygen atoms in total. The van der Waals surface area contributed by atoms with Crippen LogP contribution in [0.2, 0.25) is 0 Å². The second-order valence-corrected chi connectivity index (χ2v) is 7.39. The van der Waals surface area contributed by atoms with E-state index in [1.807, 2.05) is 0 Å². The summed E-state index contributed by atoms with van der Waals surface area (Å²) in [5.41, 5.74) is 2.25. The fraction of sp³-hybridized carbons (Fsp3) is 0.562. The van der Waals surface area contributed by atoms with Gasteiger partial charge < -0.3 is 14.2 Å². The topological polar surface area (TPSA) is 84.7 Å². The van der Waals surface area contributed by atoms with Gasteiger partial charge >= 0.3 is 0 Å². The Balaban J connectivity index is 0.000000368. The van der Waals surface area contributed by atoms with Crippen LogP contribution in [0.1, 0.15) is 26.2 Å². The molecule has 0 fully saturated rings. The number of anilines is 1. The number of unbranched alkanes of at least 4 members (excludes halogenated alkanes) is 1. The predicted octanol–water partition coefficient (Wildman–Crippen LogP) is 2.56. The SMILES string of the molecule is CCCCOc1ccc2c(c1)nc1n2CCCN1C.CS(=O)(=O)O. The van der Waals surface area contributed by atoms with Gasteiger partial charge in [0, 0.05) is 26.2 Å². The Kier molecular flexibility index (Phi) is 6.06. The Bertz CT molecular complexity index is 778. The van der Waals surface area contributed by atoms with E-state index in [9.17, 15) is 8.42 Å². The monoisotopic (exact) mass is 355 g/mol. The average Bonchev–Trinajstić information content (AvgIpc) is 2.85. The summed E-state index contributed by atoms with van der Waals surface area (Å²) < 4.78 is 33.9. The standard InChI is InChI=1S/C15H21N3O.CH4O3S/c1-3-4-10-19-12-6-7-14-13(11-12)16-15-17(2)8-5-9-18(14)15;1-5(2,3)4/h6-7,11H,3-5,8-10H2,1-2H3;1H3,(H,2,3,4). The Morgan fingerprint density at radius 1 is 1.33 bits per heavy atom. The van der Waals surface area contributed by atoms with E-state index in [1.165, 1.54) is 11.9 Å². The van der Waals surface area contributed by atoms with E-state index in [0.717, 1.165) is 49.8 Å². The lowest BCUT2D eigenvalue weighted by Crippen LogP contribution is -2.28. The smallest absolute Gasteiger partial charge is 0.261 e. The van der Waals surface area contributed by atoms with Crippen LogP contribution in [0, 0.1) is 0 Å². The average molecular weight is 355 g/mol. The van der Waals surface area contributed by atoms with Crippen LogP contribution in [-0.2, 0) is 16.7 Å². The molecule has 24 heavy (non-hydrogen) atoms. The quantitative estimate of drug-likeness (QED) is 0.670. The molecule has 1 aliphatic heterocycles. The number of nitrogens with zero attached hydrogens (tertiary/aromatic N) is 3. The van der Waals surface area contributed by atoms with Gasteiger partial charge in [-0.3, -0.25) is 4.55 Å². The Morgan fingerprint density at radius 3 is 2.71 bits per heavy atom. The molecule has 1 aromatic heterocycles. The van der Waals surface area contributed by atoms with Gasteiger partial charge in [-0.2, -0.15) is 8.42 Å². The number of hydrogen-bond donors (Lipinski definition) is 1. The highest BCUT2D eigenvalue weighted by Crippen LogP contribution is 2.28. The molecule has 0 bridgehead atoms. The van der Waals surface area contributed by atoms with E-state index in [1.54, 1.807) is 0 Å². The summed E-state index contributed by atoms with van der Waals surface area (Å²) in [7, 11) is -1.56. The van der Waals surface area contributed by atoms with Crippen molar-refractivity contribution >= 4 is 27.1 Å². The first-order valence-electron chi connectivity index (χ1n) is 8.06. The second kappa shape index (κ2) is 7.85. The van der Waals surface area contributed by atoms with Gasteiger partial charge in [0.25, 0.3) is 10.1 Å². The van der Waals surface area contributed by atoms with Gasteiger partial charge in [0.2, 0.25) is 5.95 Å². The van der Waals surface area contributed by atoms with Gasteiger partial charge in [-0.1, -0.05) is 13.3 Å². The molecule has 1 N–H and O–H groups in total. The molecule has 8 heteroatoms. The summed E-state index contributed by atoms with van der Waals surface area (Å²) in [6.45, 7) is 5.11. The molecular formula is C16H25N3O4S.